The molecule has 4 nitrogen and oxygen atoms in total. The maximum atomic E-state index is 13.0. The van der Waals surface area contributed by atoms with Crippen molar-refractivity contribution in [3.05, 3.63) is 47.8 Å². The molecule has 0 saturated carbocycles. The third-order valence-corrected chi connectivity index (χ3v) is 2.48. The van der Waals surface area contributed by atoms with E-state index in [1.165, 1.54) is 6.07 Å². The van der Waals surface area contributed by atoms with Gasteiger partial charge in [0.2, 0.25) is 0 Å². The van der Waals surface area contributed by atoms with E-state index in [1.807, 2.05) is 0 Å². The number of nitrogens with zero attached hydrogens (tertiary/aromatic N) is 2. The van der Waals surface area contributed by atoms with E-state index in [0.717, 1.165) is 17.7 Å². The lowest BCUT2D eigenvalue weighted by atomic mass is 10.2. The van der Waals surface area contributed by atoms with Crippen molar-refractivity contribution in [1.82, 2.24) is 9.78 Å². The van der Waals surface area contributed by atoms with Gasteiger partial charge in [0.1, 0.15) is 11.9 Å². The number of hydrogen-bond acceptors (Lipinski definition) is 3. The fourth-order valence-corrected chi connectivity index (χ4v) is 1.57. The van der Waals surface area contributed by atoms with Crippen LogP contribution >= 0.6 is 0 Å². The van der Waals surface area contributed by atoms with Crippen LogP contribution in [0.25, 0.3) is 0 Å². The van der Waals surface area contributed by atoms with Gasteiger partial charge in [0.25, 0.3) is 0 Å². The summed E-state index contributed by atoms with van der Waals surface area (Å²) in [6, 6.07) is 3.37. The van der Waals surface area contributed by atoms with Crippen molar-refractivity contribution in [2.75, 3.05) is 6.54 Å². The second kappa shape index (κ2) is 5.14. The van der Waals surface area contributed by atoms with Crippen molar-refractivity contribution in [3.8, 4) is 5.75 Å². The number of ether oxygens (including phenoxy) is 1. The van der Waals surface area contributed by atoms with Crippen molar-refractivity contribution >= 4 is 0 Å². The third kappa shape index (κ3) is 2.65. The molecule has 2 aromatic rings. The maximum absolute atomic E-state index is 13.0. The van der Waals surface area contributed by atoms with Crippen LogP contribution < -0.4 is 10.5 Å². The van der Waals surface area contributed by atoms with Crippen LogP contribution in [0.5, 0.6) is 5.75 Å². The van der Waals surface area contributed by atoms with E-state index in [2.05, 4.69) is 5.10 Å². The minimum Gasteiger partial charge on any atom is -0.484 e. The van der Waals surface area contributed by atoms with Crippen LogP contribution in [0.15, 0.2) is 30.6 Å². The van der Waals surface area contributed by atoms with Gasteiger partial charge in [-0.1, -0.05) is 0 Å². The lowest BCUT2D eigenvalue weighted by molar-refractivity contribution is 0.212. The molecule has 1 atom stereocenters. The summed E-state index contributed by atoms with van der Waals surface area (Å²) >= 11 is 0. The van der Waals surface area contributed by atoms with Crippen LogP contribution in [0, 0.1) is 11.6 Å². The molecule has 0 radical (unpaired) electrons. The molecule has 6 heteroatoms. The van der Waals surface area contributed by atoms with Crippen LogP contribution in [0.2, 0.25) is 0 Å². The molecule has 0 spiro atoms. The van der Waals surface area contributed by atoms with Gasteiger partial charge in [-0.05, 0) is 12.1 Å². The summed E-state index contributed by atoms with van der Waals surface area (Å²) in [6.07, 6.45) is 2.94. The highest BCUT2D eigenvalue weighted by Gasteiger charge is 2.14. The summed E-state index contributed by atoms with van der Waals surface area (Å²) in [7, 11) is 1.77. The Bertz CT molecular complexity index is 542. The number of rotatable bonds is 4. The Balaban J connectivity index is 2.17. The highest BCUT2D eigenvalue weighted by atomic mass is 19.2. The first-order valence-corrected chi connectivity index (χ1v) is 5.40. The van der Waals surface area contributed by atoms with Crippen molar-refractivity contribution in [2.24, 2.45) is 12.8 Å². The highest BCUT2D eigenvalue weighted by molar-refractivity contribution is 5.25. The molecular formula is C12H13F2N3O. The Hall–Kier alpha value is -1.95. The fourth-order valence-electron chi connectivity index (χ4n) is 1.57. The van der Waals surface area contributed by atoms with E-state index in [1.54, 1.807) is 24.1 Å². The zero-order valence-electron chi connectivity index (χ0n) is 9.81. The van der Waals surface area contributed by atoms with Gasteiger partial charge in [-0.2, -0.15) is 5.10 Å². The molecule has 0 aliphatic rings. The maximum Gasteiger partial charge on any atom is 0.162 e. The van der Waals surface area contributed by atoms with E-state index < -0.39 is 17.7 Å². The number of benzene rings is 1. The van der Waals surface area contributed by atoms with E-state index in [-0.39, 0.29) is 12.3 Å². The van der Waals surface area contributed by atoms with E-state index in [0.29, 0.717) is 0 Å². The second-order valence-electron chi connectivity index (χ2n) is 3.87. The molecule has 18 heavy (non-hydrogen) atoms. The molecule has 0 saturated heterocycles. The molecule has 0 aliphatic carbocycles. The van der Waals surface area contributed by atoms with Gasteiger partial charge in [0.05, 0.1) is 6.20 Å². The molecule has 2 N–H and O–H groups in total. The van der Waals surface area contributed by atoms with E-state index in [4.69, 9.17) is 10.5 Å². The summed E-state index contributed by atoms with van der Waals surface area (Å²) in [4.78, 5) is 0. The molecule has 2 rings (SSSR count). The van der Waals surface area contributed by atoms with Crippen LogP contribution in [-0.2, 0) is 7.05 Å². The van der Waals surface area contributed by atoms with E-state index in [9.17, 15) is 8.78 Å². The Labute approximate surface area is 103 Å². The molecule has 0 amide bonds. The topological polar surface area (TPSA) is 53.1 Å². The van der Waals surface area contributed by atoms with Crippen molar-refractivity contribution in [2.45, 2.75) is 6.10 Å². The molecule has 96 valence electrons. The summed E-state index contributed by atoms with van der Waals surface area (Å²) in [6.45, 7) is 0.213. The van der Waals surface area contributed by atoms with Gasteiger partial charge in [0, 0.05) is 31.4 Å². The average Bonchev–Trinajstić information content (AvgIpc) is 2.77. The second-order valence-corrected chi connectivity index (χ2v) is 3.87. The Kier molecular flexibility index (Phi) is 3.57. The monoisotopic (exact) mass is 253 g/mol. The minimum absolute atomic E-state index is 0.213. The van der Waals surface area contributed by atoms with Crippen LogP contribution in [0.4, 0.5) is 8.78 Å². The normalized spacial score (nSPS) is 12.4. The standard InChI is InChI=1S/C12H13F2N3O/c1-17-7-8(6-16-17)12(5-15)18-9-2-3-10(13)11(14)4-9/h2-4,6-7,12H,5,15H2,1H3. The quantitative estimate of drug-likeness (QED) is 0.903. The summed E-state index contributed by atoms with van der Waals surface area (Å²) in [5.41, 5.74) is 6.38. The number of halogens is 2. The molecule has 0 aliphatic heterocycles. The van der Waals surface area contributed by atoms with E-state index >= 15 is 0 Å². The molecule has 1 aromatic heterocycles. The summed E-state index contributed by atoms with van der Waals surface area (Å²) in [5.74, 6) is -1.63. The number of hydrogen-bond donors (Lipinski definition) is 1. The average molecular weight is 253 g/mol. The summed E-state index contributed by atoms with van der Waals surface area (Å²) in [5, 5.41) is 4.01. The molecular weight excluding hydrogens is 240 g/mol. The Morgan fingerprint density at radius 1 is 1.39 bits per heavy atom. The third-order valence-electron chi connectivity index (χ3n) is 2.48. The Morgan fingerprint density at radius 2 is 2.17 bits per heavy atom. The van der Waals surface area contributed by atoms with Gasteiger partial charge in [-0.15, -0.1) is 0 Å². The lowest BCUT2D eigenvalue weighted by Crippen LogP contribution is -2.18. The van der Waals surface area contributed by atoms with Crippen molar-refractivity contribution in [1.29, 1.82) is 0 Å². The zero-order valence-corrected chi connectivity index (χ0v) is 9.81. The highest BCUT2D eigenvalue weighted by Crippen LogP contribution is 2.22. The van der Waals surface area contributed by atoms with Crippen molar-refractivity contribution in [3.63, 3.8) is 0 Å². The predicted octanol–water partition coefficient (Wildman–Crippen LogP) is 1.78. The SMILES string of the molecule is Cn1cc(C(CN)Oc2ccc(F)c(F)c2)cn1. The van der Waals surface area contributed by atoms with Gasteiger partial charge < -0.3 is 10.5 Å². The lowest BCUT2D eigenvalue weighted by Gasteiger charge is -2.16. The Morgan fingerprint density at radius 3 is 2.72 bits per heavy atom. The van der Waals surface area contributed by atoms with Crippen LogP contribution in [-0.4, -0.2) is 16.3 Å². The fraction of sp³-hybridized carbons (Fsp3) is 0.250. The van der Waals surface area contributed by atoms with Gasteiger partial charge >= 0.3 is 0 Å². The number of aryl methyl sites for hydroxylation is 1. The first-order chi connectivity index (χ1) is 8.60. The smallest absolute Gasteiger partial charge is 0.162 e. The van der Waals surface area contributed by atoms with Gasteiger partial charge in [-0.25, -0.2) is 8.78 Å². The summed E-state index contributed by atoms with van der Waals surface area (Å²) < 4.78 is 32.9. The molecule has 1 unspecified atom stereocenters. The van der Waals surface area contributed by atoms with Crippen molar-refractivity contribution < 1.29 is 13.5 Å². The van der Waals surface area contributed by atoms with Gasteiger partial charge in [0.15, 0.2) is 11.6 Å². The number of aromatic nitrogens is 2. The largest absolute Gasteiger partial charge is 0.484 e. The molecule has 1 aromatic carbocycles. The molecule has 0 fully saturated rings. The van der Waals surface area contributed by atoms with Gasteiger partial charge in [-0.3, -0.25) is 4.68 Å². The first-order valence-electron chi connectivity index (χ1n) is 5.40. The van der Waals surface area contributed by atoms with Crippen LogP contribution in [0.3, 0.4) is 0 Å². The van der Waals surface area contributed by atoms with Crippen LogP contribution in [0.1, 0.15) is 11.7 Å². The number of nitrogens with two attached hydrogens (primary N) is 1. The first kappa shape index (κ1) is 12.5. The molecule has 0 bridgehead atoms. The minimum atomic E-state index is -0.950. The zero-order chi connectivity index (χ0) is 13.1. The predicted molar refractivity (Wildman–Crippen MR) is 62.0 cm³/mol. The molecule has 1 heterocycles.